The normalized spacial score (nSPS) is 22.8. The Morgan fingerprint density at radius 3 is 2.57 bits per heavy atom. The molecule has 0 radical (unpaired) electrons. The van der Waals surface area contributed by atoms with Gasteiger partial charge in [-0.25, -0.2) is 4.79 Å². The quantitative estimate of drug-likeness (QED) is 0.571. The van der Waals surface area contributed by atoms with Crippen molar-refractivity contribution in [3.05, 3.63) is 24.3 Å². The molecule has 156 valence electrons. The first-order valence-corrected chi connectivity index (χ1v) is 11.2. The van der Waals surface area contributed by atoms with Gasteiger partial charge in [0.1, 0.15) is 11.9 Å². The molecule has 1 N–H and O–H groups in total. The molecule has 0 aromatic heterocycles. The summed E-state index contributed by atoms with van der Waals surface area (Å²) in [6, 6.07) is 7.55. The topological polar surface area (TPSA) is 50.8 Å². The number of carbonyl (C=O) groups excluding carboxylic acids is 1. The zero-order valence-electron chi connectivity index (χ0n) is 17.3. The van der Waals surface area contributed by atoms with Crippen molar-refractivity contribution in [3.8, 4) is 5.75 Å². The van der Waals surface area contributed by atoms with Crippen molar-refractivity contribution in [1.29, 1.82) is 0 Å². The minimum atomic E-state index is -0.338. The molecule has 3 rings (SSSR count). The van der Waals surface area contributed by atoms with Gasteiger partial charge in [-0.15, -0.1) is 0 Å². The molecule has 5 heteroatoms. The second-order valence-electron chi connectivity index (χ2n) is 8.20. The van der Waals surface area contributed by atoms with E-state index >= 15 is 0 Å². The minimum Gasteiger partial charge on any atom is -0.494 e. The van der Waals surface area contributed by atoms with E-state index < -0.39 is 0 Å². The molecule has 28 heavy (non-hydrogen) atoms. The summed E-state index contributed by atoms with van der Waals surface area (Å²) in [6.07, 6.45) is 10.3. The number of nitrogens with zero attached hydrogens (tertiary/aromatic N) is 1. The van der Waals surface area contributed by atoms with Crippen molar-refractivity contribution in [2.45, 2.75) is 70.8 Å². The summed E-state index contributed by atoms with van der Waals surface area (Å²) in [5.41, 5.74) is 0.748. The van der Waals surface area contributed by atoms with Crippen LogP contribution in [-0.2, 0) is 4.74 Å². The van der Waals surface area contributed by atoms with Gasteiger partial charge in [-0.05, 0) is 75.9 Å². The van der Waals surface area contributed by atoms with Gasteiger partial charge in [0.2, 0.25) is 0 Å². The molecule has 0 spiro atoms. The molecule has 1 aliphatic carbocycles. The average Bonchev–Trinajstić information content (AvgIpc) is 3.21. The smallest absolute Gasteiger partial charge is 0.411 e. The Balaban J connectivity index is 1.44. The van der Waals surface area contributed by atoms with E-state index in [1.807, 2.05) is 24.3 Å². The van der Waals surface area contributed by atoms with E-state index in [4.69, 9.17) is 9.47 Å². The highest BCUT2D eigenvalue weighted by Gasteiger charge is 2.30. The van der Waals surface area contributed by atoms with Crippen LogP contribution in [0, 0.1) is 5.92 Å². The Morgan fingerprint density at radius 1 is 1.07 bits per heavy atom. The molecular formula is C23H36N2O3. The lowest BCUT2D eigenvalue weighted by atomic mass is 9.86. The Bertz CT molecular complexity index is 584. The molecule has 0 unspecified atom stereocenters. The van der Waals surface area contributed by atoms with Crippen LogP contribution in [-0.4, -0.2) is 43.3 Å². The third kappa shape index (κ3) is 6.69. The van der Waals surface area contributed by atoms with Crippen LogP contribution >= 0.6 is 0 Å². The van der Waals surface area contributed by atoms with E-state index in [2.05, 4.69) is 17.1 Å². The fourth-order valence-electron chi connectivity index (χ4n) is 4.30. The third-order valence-electron chi connectivity index (χ3n) is 5.91. The van der Waals surface area contributed by atoms with Crippen LogP contribution in [0.25, 0.3) is 0 Å². The maximum Gasteiger partial charge on any atom is 0.411 e. The van der Waals surface area contributed by atoms with Gasteiger partial charge in [0, 0.05) is 18.2 Å². The van der Waals surface area contributed by atoms with Crippen LogP contribution < -0.4 is 10.1 Å². The lowest BCUT2D eigenvalue weighted by molar-refractivity contribution is 0.0327. The van der Waals surface area contributed by atoms with Crippen molar-refractivity contribution < 1.29 is 14.3 Å². The molecule has 1 aliphatic heterocycles. The maximum atomic E-state index is 12.4. The van der Waals surface area contributed by atoms with E-state index in [9.17, 15) is 4.79 Å². The number of anilines is 1. The van der Waals surface area contributed by atoms with Crippen LogP contribution in [0.2, 0.25) is 0 Å². The number of hydrogen-bond acceptors (Lipinski definition) is 4. The summed E-state index contributed by atoms with van der Waals surface area (Å²) in [4.78, 5) is 14.9. The number of likely N-dealkylation sites (tertiary alicyclic amines) is 1. The third-order valence-corrected chi connectivity index (χ3v) is 5.91. The summed E-state index contributed by atoms with van der Waals surface area (Å²) >= 11 is 0. The molecule has 1 heterocycles. The lowest BCUT2D eigenvalue weighted by Gasteiger charge is -2.33. The van der Waals surface area contributed by atoms with Crippen molar-refractivity contribution >= 4 is 11.8 Å². The highest BCUT2D eigenvalue weighted by Crippen LogP contribution is 2.29. The second-order valence-corrected chi connectivity index (χ2v) is 8.20. The van der Waals surface area contributed by atoms with Crippen LogP contribution in [0.1, 0.15) is 64.7 Å². The number of rotatable bonds is 9. The van der Waals surface area contributed by atoms with Gasteiger partial charge >= 0.3 is 6.09 Å². The van der Waals surface area contributed by atoms with Gasteiger partial charge in [-0.3, -0.25) is 5.32 Å². The van der Waals surface area contributed by atoms with Gasteiger partial charge in [-0.1, -0.05) is 26.2 Å². The van der Waals surface area contributed by atoms with Gasteiger partial charge in [-0.2, -0.15) is 0 Å². The summed E-state index contributed by atoms with van der Waals surface area (Å²) in [5.74, 6) is 1.31. The van der Waals surface area contributed by atoms with Gasteiger partial charge in [0.25, 0.3) is 0 Å². The van der Waals surface area contributed by atoms with E-state index in [-0.39, 0.29) is 12.2 Å². The first-order valence-electron chi connectivity index (χ1n) is 11.2. The SMILES string of the molecule is CCCCCOc1ccc(NC(=O)O[C@H]2CCCC[C@H]2CN2CCCC2)cc1. The molecule has 1 saturated carbocycles. The molecule has 1 amide bonds. The number of benzene rings is 1. The van der Waals surface area contributed by atoms with E-state index in [1.165, 1.54) is 51.6 Å². The lowest BCUT2D eigenvalue weighted by Crippen LogP contribution is -2.38. The summed E-state index contributed by atoms with van der Waals surface area (Å²) in [5, 5.41) is 2.88. The first-order chi connectivity index (χ1) is 13.7. The van der Waals surface area contributed by atoms with Crippen molar-refractivity contribution in [3.63, 3.8) is 0 Å². The molecule has 2 aliphatic rings. The minimum absolute atomic E-state index is 0.0375. The molecule has 0 bridgehead atoms. The Kier molecular flexibility index (Phi) is 8.46. The van der Waals surface area contributed by atoms with Crippen LogP contribution in [0.5, 0.6) is 5.75 Å². The highest BCUT2D eigenvalue weighted by atomic mass is 16.6. The van der Waals surface area contributed by atoms with E-state index in [1.54, 1.807) is 0 Å². The zero-order valence-corrected chi connectivity index (χ0v) is 17.3. The monoisotopic (exact) mass is 388 g/mol. The van der Waals surface area contributed by atoms with Crippen LogP contribution in [0.15, 0.2) is 24.3 Å². The van der Waals surface area contributed by atoms with E-state index in [0.717, 1.165) is 43.9 Å². The van der Waals surface area contributed by atoms with Gasteiger partial charge in [0.05, 0.1) is 6.61 Å². The number of unbranched alkanes of at least 4 members (excludes halogenated alkanes) is 2. The molecule has 5 nitrogen and oxygen atoms in total. The van der Waals surface area contributed by atoms with Crippen LogP contribution in [0.4, 0.5) is 10.5 Å². The number of nitrogens with one attached hydrogen (secondary N) is 1. The number of hydrogen-bond donors (Lipinski definition) is 1. The van der Waals surface area contributed by atoms with Crippen LogP contribution in [0.3, 0.4) is 0 Å². The van der Waals surface area contributed by atoms with Crippen molar-refractivity contribution in [1.82, 2.24) is 4.90 Å². The van der Waals surface area contributed by atoms with Crippen molar-refractivity contribution in [2.24, 2.45) is 5.92 Å². The molecule has 2 fully saturated rings. The Morgan fingerprint density at radius 2 is 1.82 bits per heavy atom. The van der Waals surface area contributed by atoms with Crippen molar-refractivity contribution in [2.75, 3.05) is 31.6 Å². The second kappa shape index (κ2) is 11.3. The fraction of sp³-hybridized carbons (Fsp3) is 0.696. The molecule has 1 aromatic rings. The molecule has 1 aromatic carbocycles. The predicted molar refractivity (Wildman–Crippen MR) is 113 cm³/mol. The number of amides is 1. The largest absolute Gasteiger partial charge is 0.494 e. The molecule has 2 atom stereocenters. The van der Waals surface area contributed by atoms with Gasteiger partial charge < -0.3 is 14.4 Å². The predicted octanol–water partition coefficient (Wildman–Crippen LogP) is 5.46. The zero-order chi connectivity index (χ0) is 19.6. The Labute approximate surface area is 169 Å². The van der Waals surface area contributed by atoms with Gasteiger partial charge in [0.15, 0.2) is 0 Å². The average molecular weight is 389 g/mol. The maximum absolute atomic E-state index is 12.4. The summed E-state index contributed by atoms with van der Waals surface area (Å²) in [7, 11) is 0. The Hall–Kier alpha value is -1.75. The standard InChI is InChI=1S/C23H36N2O3/c1-2-3-8-17-27-21-13-11-20(12-14-21)24-23(26)28-22-10-5-4-9-19(22)18-25-15-6-7-16-25/h11-14,19,22H,2-10,15-18H2,1H3,(H,24,26)/t19-,22-/m0/s1. The summed E-state index contributed by atoms with van der Waals surface area (Å²) in [6.45, 7) is 6.39. The number of carbonyl (C=O) groups is 1. The first kappa shape index (κ1) is 21.0. The summed E-state index contributed by atoms with van der Waals surface area (Å²) < 4.78 is 11.6. The van der Waals surface area contributed by atoms with E-state index in [0.29, 0.717) is 5.92 Å². The fourth-order valence-corrected chi connectivity index (χ4v) is 4.30. The highest BCUT2D eigenvalue weighted by molar-refractivity contribution is 5.84. The molecule has 1 saturated heterocycles. The molecular weight excluding hydrogens is 352 g/mol. The number of ether oxygens (including phenoxy) is 2.